The van der Waals surface area contributed by atoms with E-state index in [1.807, 2.05) is 61.1 Å². The number of nitrogens with zero attached hydrogens (tertiary/aromatic N) is 3. The van der Waals surface area contributed by atoms with Crippen LogP contribution in [-0.2, 0) is 7.05 Å². The van der Waals surface area contributed by atoms with Gasteiger partial charge < -0.3 is 14.8 Å². The second kappa shape index (κ2) is 9.74. The molecule has 1 N–H and O–H groups in total. The molecule has 3 fully saturated rings. The van der Waals surface area contributed by atoms with Gasteiger partial charge in [0.25, 0.3) is 5.91 Å². The number of amides is 1. The molecule has 0 radical (unpaired) electrons. The van der Waals surface area contributed by atoms with Crippen LogP contribution < -0.4 is 14.8 Å². The fourth-order valence-corrected chi connectivity index (χ4v) is 5.67. The van der Waals surface area contributed by atoms with E-state index in [2.05, 4.69) is 16.3 Å². The third-order valence-electron chi connectivity index (χ3n) is 7.67. The van der Waals surface area contributed by atoms with E-state index in [1.165, 1.54) is 12.1 Å². The molecular weight excluding hydrogens is 440 g/mol. The summed E-state index contributed by atoms with van der Waals surface area (Å²) in [7, 11) is 5.33. The molecule has 7 nitrogen and oxygen atoms in total. The third-order valence-corrected chi connectivity index (χ3v) is 7.67. The zero-order valence-electron chi connectivity index (χ0n) is 21.0. The van der Waals surface area contributed by atoms with Gasteiger partial charge in [0.05, 0.1) is 19.9 Å². The Morgan fingerprint density at radius 2 is 1.86 bits per heavy atom. The Kier molecular flexibility index (Phi) is 6.52. The Bertz CT molecular complexity index is 1200. The summed E-state index contributed by atoms with van der Waals surface area (Å²) < 4.78 is 12.9. The van der Waals surface area contributed by atoms with Gasteiger partial charge in [0.15, 0.2) is 11.5 Å². The van der Waals surface area contributed by atoms with Gasteiger partial charge in [-0.2, -0.15) is 5.10 Å². The van der Waals surface area contributed by atoms with E-state index in [4.69, 9.17) is 14.6 Å². The molecule has 6 rings (SSSR count). The van der Waals surface area contributed by atoms with Gasteiger partial charge in [-0.3, -0.25) is 14.4 Å². The minimum absolute atomic E-state index is 0.00962. The first-order valence-corrected chi connectivity index (χ1v) is 12.3. The largest absolute Gasteiger partial charge is 0.493 e. The van der Waals surface area contributed by atoms with Crippen LogP contribution >= 0.6 is 0 Å². The van der Waals surface area contributed by atoms with Crippen molar-refractivity contribution in [2.75, 3.05) is 33.9 Å². The number of benzene rings is 2. The first-order valence-electron chi connectivity index (χ1n) is 12.3. The predicted octanol–water partition coefficient (Wildman–Crippen LogP) is 4.02. The minimum Gasteiger partial charge on any atom is -0.493 e. The molecule has 2 aromatic carbocycles. The van der Waals surface area contributed by atoms with Crippen molar-refractivity contribution in [1.82, 2.24) is 20.0 Å². The summed E-state index contributed by atoms with van der Waals surface area (Å²) in [5.74, 6) is 2.46. The van der Waals surface area contributed by atoms with Crippen LogP contribution in [0.25, 0.3) is 11.3 Å². The normalized spacial score (nSPS) is 23.2. The molecule has 4 unspecified atom stereocenters. The summed E-state index contributed by atoms with van der Waals surface area (Å²) in [5, 5.41) is 8.00. The number of aromatic nitrogens is 2. The van der Waals surface area contributed by atoms with Gasteiger partial charge in [0, 0.05) is 48.9 Å². The van der Waals surface area contributed by atoms with Crippen molar-refractivity contribution >= 4 is 5.91 Å². The molecule has 184 valence electrons. The summed E-state index contributed by atoms with van der Waals surface area (Å²) in [6, 6.07) is 16.3. The molecule has 0 saturated carbocycles. The maximum absolute atomic E-state index is 12.6. The average Bonchev–Trinajstić information content (AvgIpc) is 3.28. The van der Waals surface area contributed by atoms with E-state index in [9.17, 15) is 4.79 Å². The van der Waals surface area contributed by atoms with Crippen LogP contribution in [0.5, 0.6) is 11.5 Å². The molecule has 1 amide bonds. The number of fused-ring (bicyclic) bond motifs is 3. The molecule has 2 bridgehead atoms. The SMILES string of the molecule is COc1ccc(-c2cc(C3CN4CCC3CC4CNC(=O)c3ccc(C)cc3)n(C)n2)cc1OC. The number of hydrogen-bond donors (Lipinski definition) is 1. The second-order valence-corrected chi connectivity index (χ2v) is 9.76. The zero-order chi connectivity index (χ0) is 24.5. The summed E-state index contributed by atoms with van der Waals surface area (Å²) >= 11 is 0. The lowest BCUT2D eigenvalue weighted by Crippen LogP contribution is -2.56. The van der Waals surface area contributed by atoms with Crippen LogP contribution in [0.15, 0.2) is 48.5 Å². The van der Waals surface area contributed by atoms with Gasteiger partial charge in [-0.1, -0.05) is 17.7 Å². The fourth-order valence-electron chi connectivity index (χ4n) is 5.67. The number of methoxy groups -OCH3 is 2. The number of ether oxygens (including phenoxy) is 2. The highest BCUT2D eigenvalue weighted by atomic mass is 16.5. The lowest BCUT2D eigenvalue weighted by Gasteiger charge is -2.50. The number of carbonyl (C=O) groups excluding carboxylic acids is 1. The van der Waals surface area contributed by atoms with Crippen molar-refractivity contribution in [3.8, 4) is 22.8 Å². The fraction of sp³-hybridized carbons (Fsp3) is 0.429. The van der Waals surface area contributed by atoms with Crippen molar-refractivity contribution in [1.29, 1.82) is 0 Å². The number of aryl methyl sites for hydroxylation is 2. The Balaban J connectivity index is 1.26. The van der Waals surface area contributed by atoms with E-state index in [0.29, 0.717) is 35.9 Å². The number of carbonyl (C=O) groups is 1. The van der Waals surface area contributed by atoms with Crippen LogP contribution in [-0.4, -0.2) is 60.5 Å². The van der Waals surface area contributed by atoms with Gasteiger partial charge in [-0.05, 0) is 68.6 Å². The van der Waals surface area contributed by atoms with Gasteiger partial charge in [-0.15, -0.1) is 0 Å². The monoisotopic (exact) mass is 474 g/mol. The lowest BCUT2D eigenvalue weighted by molar-refractivity contribution is 0.0280. The molecule has 35 heavy (non-hydrogen) atoms. The minimum atomic E-state index is 0.00962. The molecule has 0 spiro atoms. The maximum Gasteiger partial charge on any atom is 0.251 e. The highest BCUT2D eigenvalue weighted by Crippen LogP contribution is 2.42. The molecule has 0 aliphatic carbocycles. The molecule has 4 heterocycles. The molecule has 3 aliphatic rings. The Hall–Kier alpha value is -3.32. The molecule has 1 aromatic heterocycles. The van der Waals surface area contributed by atoms with Crippen molar-refractivity contribution in [3.05, 3.63) is 65.4 Å². The molecule has 3 saturated heterocycles. The van der Waals surface area contributed by atoms with Crippen LogP contribution in [0.2, 0.25) is 0 Å². The molecule has 7 heteroatoms. The number of nitrogens with one attached hydrogen (secondary N) is 1. The second-order valence-electron chi connectivity index (χ2n) is 9.76. The van der Waals surface area contributed by atoms with Gasteiger partial charge in [-0.25, -0.2) is 0 Å². The van der Waals surface area contributed by atoms with Crippen LogP contribution in [0.4, 0.5) is 0 Å². The van der Waals surface area contributed by atoms with Gasteiger partial charge >= 0.3 is 0 Å². The first kappa shape index (κ1) is 23.4. The summed E-state index contributed by atoms with van der Waals surface area (Å²) in [4.78, 5) is 15.1. The molecule has 3 aliphatic heterocycles. The summed E-state index contributed by atoms with van der Waals surface area (Å²) in [6.07, 6.45) is 2.28. The quantitative estimate of drug-likeness (QED) is 0.560. The van der Waals surface area contributed by atoms with E-state index in [1.54, 1.807) is 14.2 Å². The predicted molar refractivity (Wildman–Crippen MR) is 136 cm³/mol. The summed E-state index contributed by atoms with van der Waals surface area (Å²) in [6.45, 7) is 4.81. The number of piperidine rings is 3. The molecule has 4 atom stereocenters. The van der Waals surface area contributed by atoms with Crippen molar-refractivity contribution < 1.29 is 14.3 Å². The Morgan fingerprint density at radius 3 is 2.54 bits per heavy atom. The topological polar surface area (TPSA) is 68.6 Å². The average molecular weight is 475 g/mol. The number of rotatable bonds is 7. The van der Waals surface area contributed by atoms with Crippen molar-refractivity contribution in [3.63, 3.8) is 0 Å². The standard InChI is InChI=1S/C28H34N4O3/c1-18-5-7-19(8-6-18)28(33)29-16-22-13-20-11-12-32(22)17-23(20)25-15-24(30-31(25)2)21-9-10-26(34-3)27(14-21)35-4/h5-10,14-15,20,22-23H,11-13,16-17H2,1-4H3,(H,29,33). The lowest BCUT2D eigenvalue weighted by atomic mass is 9.74. The van der Waals surface area contributed by atoms with E-state index in [0.717, 1.165) is 41.9 Å². The maximum atomic E-state index is 12.6. The smallest absolute Gasteiger partial charge is 0.251 e. The van der Waals surface area contributed by atoms with Gasteiger partial charge in [0.2, 0.25) is 0 Å². The van der Waals surface area contributed by atoms with Crippen LogP contribution in [0, 0.1) is 12.8 Å². The zero-order valence-corrected chi connectivity index (χ0v) is 21.0. The highest BCUT2D eigenvalue weighted by Gasteiger charge is 2.41. The van der Waals surface area contributed by atoms with Crippen LogP contribution in [0.3, 0.4) is 0 Å². The van der Waals surface area contributed by atoms with Crippen molar-refractivity contribution in [2.24, 2.45) is 13.0 Å². The van der Waals surface area contributed by atoms with Crippen LogP contribution in [0.1, 0.15) is 40.4 Å². The number of hydrogen-bond acceptors (Lipinski definition) is 5. The van der Waals surface area contributed by atoms with E-state index < -0.39 is 0 Å². The van der Waals surface area contributed by atoms with E-state index in [-0.39, 0.29) is 5.91 Å². The highest BCUT2D eigenvalue weighted by molar-refractivity contribution is 5.94. The Labute approximate surface area is 207 Å². The third kappa shape index (κ3) is 4.65. The van der Waals surface area contributed by atoms with Gasteiger partial charge in [0.1, 0.15) is 0 Å². The first-order chi connectivity index (χ1) is 17.0. The van der Waals surface area contributed by atoms with E-state index >= 15 is 0 Å². The summed E-state index contributed by atoms with van der Waals surface area (Å²) in [5.41, 5.74) is 5.12. The van der Waals surface area contributed by atoms with Crippen molar-refractivity contribution in [2.45, 2.75) is 31.7 Å². The Morgan fingerprint density at radius 1 is 1.09 bits per heavy atom. The molecule has 3 aromatic rings. The molecular formula is C28H34N4O3.